The fourth-order valence-electron chi connectivity index (χ4n) is 1.73. The normalized spacial score (nSPS) is 10.7. The third-order valence-corrected chi connectivity index (χ3v) is 2.68. The van der Waals surface area contributed by atoms with E-state index in [1.54, 1.807) is 18.2 Å². The lowest BCUT2D eigenvalue weighted by Gasteiger charge is -2.21. The van der Waals surface area contributed by atoms with Gasteiger partial charge >= 0.3 is 0 Å². The molecule has 0 radical (unpaired) electrons. The van der Waals surface area contributed by atoms with E-state index in [1.165, 1.54) is 6.07 Å². The van der Waals surface area contributed by atoms with Crippen molar-refractivity contribution in [3.8, 4) is 5.75 Å². The molecule has 0 saturated carbocycles. The second kappa shape index (κ2) is 7.68. The number of aromatic hydroxyl groups is 1. The summed E-state index contributed by atoms with van der Waals surface area (Å²) in [6, 6.07) is 6.57. The van der Waals surface area contributed by atoms with Crippen LogP contribution < -0.4 is 0 Å². The van der Waals surface area contributed by atoms with Crippen molar-refractivity contribution in [1.82, 2.24) is 4.90 Å². The summed E-state index contributed by atoms with van der Waals surface area (Å²) in [5.74, 6) is -0.379. The third kappa shape index (κ3) is 5.21. The number of phenols is 1. The van der Waals surface area contributed by atoms with Gasteiger partial charge in [-0.25, -0.2) is 8.78 Å². The number of rotatable bonds is 7. The summed E-state index contributed by atoms with van der Waals surface area (Å²) in [4.78, 5) is 12.7. The summed E-state index contributed by atoms with van der Waals surface area (Å²) in [5, 5.41) is 18.3. The number of benzene rings is 1. The first kappa shape index (κ1) is 15.4. The minimum Gasteiger partial charge on any atom is -0.508 e. The summed E-state index contributed by atoms with van der Waals surface area (Å²) in [5.41, 5.74) is 0.594. The number of halogens is 2. The molecule has 1 aromatic carbocycles. The maximum absolute atomic E-state index is 12.3. The smallest absolute Gasteiger partial charge is 0.255 e. The summed E-state index contributed by atoms with van der Waals surface area (Å²) in [6.45, 7) is -1.14. The Morgan fingerprint density at radius 2 is 2.00 bits per heavy atom. The number of nitrogens with zero attached hydrogens (tertiary/aromatic N) is 1. The summed E-state index contributed by atoms with van der Waals surface area (Å²) >= 11 is 0. The second-order valence-electron chi connectivity index (χ2n) is 4.08. The molecule has 0 aliphatic heterocycles. The first-order valence-electron chi connectivity index (χ1n) is 5.98. The highest BCUT2D eigenvalue weighted by atomic mass is 19.3. The van der Waals surface area contributed by atoms with E-state index in [0.717, 1.165) is 4.90 Å². The lowest BCUT2D eigenvalue weighted by atomic mass is 10.1. The molecule has 4 nitrogen and oxygen atoms in total. The van der Waals surface area contributed by atoms with Crippen molar-refractivity contribution in [3.63, 3.8) is 0 Å². The fourth-order valence-corrected chi connectivity index (χ4v) is 1.73. The number of aryl methyl sites for hydroxylation is 1. The highest BCUT2D eigenvalue weighted by Gasteiger charge is 2.17. The standard InChI is InChI=1S/C13H17F2NO3/c14-12(15)9-16(7-8-17)13(19)6-5-10-3-1-2-4-11(10)18/h1-4,12,17-18H,5-9H2. The van der Waals surface area contributed by atoms with E-state index in [9.17, 15) is 18.7 Å². The number of aliphatic hydroxyl groups is 1. The van der Waals surface area contributed by atoms with E-state index < -0.39 is 18.9 Å². The average molecular weight is 273 g/mol. The van der Waals surface area contributed by atoms with Crippen molar-refractivity contribution in [2.75, 3.05) is 19.7 Å². The van der Waals surface area contributed by atoms with Gasteiger partial charge in [0, 0.05) is 13.0 Å². The van der Waals surface area contributed by atoms with E-state index >= 15 is 0 Å². The van der Waals surface area contributed by atoms with Crippen LogP contribution in [0.1, 0.15) is 12.0 Å². The largest absolute Gasteiger partial charge is 0.508 e. The molecular weight excluding hydrogens is 256 g/mol. The lowest BCUT2D eigenvalue weighted by molar-refractivity contribution is -0.133. The maximum atomic E-state index is 12.3. The minimum atomic E-state index is -2.62. The van der Waals surface area contributed by atoms with Crippen LogP contribution in [0.15, 0.2) is 24.3 Å². The first-order chi connectivity index (χ1) is 9.04. The SMILES string of the molecule is O=C(CCc1ccccc1O)N(CCO)CC(F)F. The zero-order chi connectivity index (χ0) is 14.3. The third-order valence-electron chi connectivity index (χ3n) is 2.68. The highest BCUT2D eigenvalue weighted by molar-refractivity contribution is 5.76. The average Bonchev–Trinajstić information content (AvgIpc) is 2.36. The van der Waals surface area contributed by atoms with Crippen LogP contribution in [0, 0.1) is 0 Å². The van der Waals surface area contributed by atoms with Crippen LogP contribution in [0.2, 0.25) is 0 Å². The number of phenolic OH excluding ortho intramolecular Hbond substituents is 1. The van der Waals surface area contributed by atoms with E-state index in [0.29, 0.717) is 5.56 Å². The van der Waals surface area contributed by atoms with Gasteiger partial charge < -0.3 is 15.1 Å². The summed E-state index contributed by atoms with van der Waals surface area (Å²) < 4.78 is 24.6. The molecule has 1 amide bonds. The van der Waals surface area contributed by atoms with Crippen LogP contribution >= 0.6 is 0 Å². The van der Waals surface area contributed by atoms with Crippen molar-refractivity contribution < 1.29 is 23.8 Å². The van der Waals surface area contributed by atoms with Gasteiger partial charge in [-0.3, -0.25) is 4.79 Å². The number of hydrogen-bond acceptors (Lipinski definition) is 3. The zero-order valence-electron chi connectivity index (χ0n) is 10.4. The van der Waals surface area contributed by atoms with Gasteiger partial charge in [0.25, 0.3) is 6.43 Å². The highest BCUT2D eigenvalue weighted by Crippen LogP contribution is 2.17. The topological polar surface area (TPSA) is 60.8 Å². The number of carbonyl (C=O) groups excluding carboxylic acids is 1. The molecule has 1 aromatic rings. The molecule has 0 aliphatic rings. The predicted octanol–water partition coefficient (Wildman–Crippen LogP) is 1.41. The minimum absolute atomic E-state index is 0.0181. The van der Waals surface area contributed by atoms with Gasteiger partial charge in [0.05, 0.1) is 13.2 Å². The van der Waals surface area contributed by atoms with Gasteiger partial charge in [0.15, 0.2) is 0 Å². The van der Waals surface area contributed by atoms with E-state index in [2.05, 4.69) is 0 Å². The molecule has 0 fully saturated rings. The van der Waals surface area contributed by atoms with Gasteiger partial charge in [0.1, 0.15) is 5.75 Å². The molecule has 0 saturated heterocycles. The van der Waals surface area contributed by atoms with Gasteiger partial charge in [-0.2, -0.15) is 0 Å². The molecule has 0 aliphatic carbocycles. The Balaban J connectivity index is 2.55. The quantitative estimate of drug-likeness (QED) is 0.789. The molecular formula is C13H17F2NO3. The molecule has 1 rings (SSSR count). The zero-order valence-corrected chi connectivity index (χ0v) is 10.4. The molecule has 6 heteroatoms. The molecule has 106 valence electrons. The van der Waals surface area contributed by atoms with Crippen LogP contribution in [-0.4, -0.2) is 47.1 Å². The number of para-hydroxylation sites is 1. The summed E-state index contributed by atoms with van der Waals surface area (Å²) in [6.07, 6.45) is -2.33. The molecule has 0 aromatic heterocycles. The molecule has 0 unspecified atom stereocenters. The Hall–Kier alpha value is -1.69. The fraction of sp³-hybridized carbons (Fsp3) is 0.462. The number of carbonyl (C=O) groups is 1. The second-order valence-corrected chi connectivity index (χ2v) is 4.08. The molecule has 19 heavy (non-hydrogen) atoms. The van der Waals surface area contributed by atoms with Crippen molar-refractivity contribution in [3.05, 3.63) is 29.8 Å². The molecule has 0 bridgehead atoms. The van der Waals surface area contributed by atoms with Crippen LogP contribution in [0.5, 0.6) is 5.75 Å². The van der Waals surface area contributed by atoms with E-state index in [-0.39, 0.29) is 31.7 Å². The Morgan fingerprint density at radius 3 is 2.58 bits per heavy atom. The number of aliphatic hydroxyl groups excluding tert-OH is 1. The molecule has 0 heterocycles. The Kier molecular flexibility index (Phi) is 6.21. The molecule has 2 N–H and O–H groups in total. The van der Waals surface area contributed by atoms with Crippen molar-refractivity contribution >= 4 is 5.91 Å². The number of alkyl halides is 2. The summed E-state index contributed by atoms with van der Waals surface area (Å²) in [7, 11) is 0. The number of amides is 1. The Bertz CT molecular complexity index is 413. The predicted molar refractivity (Wildman–Crippen MR) is 66.1 cm³/mol. The van der Waals surface area contributed by atoms with Gasteiger partial charge in [-0.15, -0.1) is 0 Å². The van der Waals surface area contributed by atoms with Gasteiger partial charge in [-0.1, -0.05) is 18.2 Å². The van der Waals surface area contributed by atoms with Crippen LogP contribution in [-0.2, 0) is 11.2 Å². The molecule has 0 spiro atoms. The van der Waals surface area contributed by atoms with Crippen LogP contribution in [0.25, 0.3) is 0 Å². The van der Waals surface area contributed by atoms with Gasteiger partial charge in [-0.05, 0) is 18.1 Å². The van der Waals surface area contributed by atoms with Crippen LogP contribution in [0.3, 0.4) is 0 Å². The lowest BCUT2D eigenvalue weighted by Crippen LogP contribution is -2.37. The van der Waals surface area contributed by atoms with E-state index in [4.69, 9.17) is 5.11 Å². The van der Waals surface area contributed by atoms with Crippen LogP contribution in [0.4, 0.5) is 8.78 Å². The maximum Gasteiger partial charge on any atom is 0.255 e. The first-order valence-corrected chi connectivity index (χ1v) is 5.98. The van der Waals surface area contributed by atoms with Crippen molar-refractivity contribution in [1.29, 1.82) is 0 Å². The van der Waals surface area contributed by atoms with Crippen molar-refractivity contribution in [2.24, 2.45) is 0 Å². The van der Waals surface area contributed by atoms with E-state index in [1.807, 2.05) is 0 Å². The monoisotopic (exact) mass is 273 g/mol. The number of hydrogen-bond donors (Lipinski definition) is 2. The Morgan fingerprint density at radius 1 is 1.32 bits per heavy atom. The molecule has 0 atom stereocenters. The van der Waals surface area contributed by atoms with Gasteiger partial charge in [0.2, 0.25) is 5.91 Å². The van der Waals surface area contributed by atoms with Crippen molar-refractivity contribution in [2.45, 2.75) is 19.3 Å². The Labute approximate surface area is 110 Å².